The molecular formula is C24H15Li3. The molecule has 0 unspecified atom stereocenters. The zero-order valence-corrected chi connectivity index (χ0v) is 16.2. The van der Waals surface area contributed by atoms with Gasteiger partial charge in [-0.2, -0.15) is 91.0 Å². The molecule has 0 N–H and O–H groups in total. The molecule has 0 bridgehead atoms. The molecule has 4 aromatic rings. The van der Waals surface area contributed by atoms with Crippen LogP contribution in [0.4, 0.5) is 0 Å². The molecule has 114 valence electrons. The first-order valence-electron chi connectivity index (χ1n) is 7.95. The minimum absolute atomic E-state index is 0. The average molecular weight is 324 g/mol. The van der Waals surface area contributed by atoms with Crippen molar-refractivity contribution in [3.63, 3.8) is 0 Å². The molecule has 4 aromatic carbocycles. The monoisotopic (exact) mass is 324 g/mol. The van der Waals surface area contributed by atoms with Crippen LogP contribution in [0.25, 0.3) is 33.4 Å². The van der Waals surface area contributed by atoms with Crippen LogP contribution in [0.15, 0.2) is 91.0 Å². The van der Waals surface area contributed by atoms with E-state index in [9.17, 15) is 0 Å². The Bertz CT molecular complexity index is 797. The van der Waals surface area contributed by atoms with Gasteiger partial charge in [0.2, 0.25) is 0 Å². The van der Waals surface area contributed by atoms with Crippen molar-refractivity contribution in [2.75, 3.05) is 0 Å². The van der Waals surface area contributed by atoms with Crippen LogP contribution in [0.1, 0.15) is 0 Å². The topological polar surface area (TPSA) is 0 Å². The van der Waals surface area contributed by atoms with Crippen LogP contribution < -0.4 is 56.6 Å². The fourth-order valence-corrected chi connectivity index (χ4v) is 2.87. The second-order valence-corrected chi connectivity index (χ2v) is 5.67. The molecule has 0 aromatic heterocycles. The summed E-state index contributed by atoms with van der Waals surface area (Å²) in [5.74, 6) is 0. The second-order valence-electron chi connectivity index (χ2n) is 5.67. The van der Waals surface area contributed by atoms with Crippen molar-refractivity contribution in [2.45, 2.75) is 0 Å². The van der Waals surface area contributed by atoms with Gasteiger partial charge in [-0.3, -0.25) is 0 Å². The van der Waals surface area contributed by atoms with Gasteiger partial charge in [-0.15, -0.1) is 16.7 Å². The van der Waals surface area contributed by atoms with Gasteiger partial charge in [-0.1, -0.05) is 18.2 Å². The minimum Gasteiger partial charge on any atom is -0.184 e. The Morgan fingerprint density at radius 2 is 0.556 bits per heavy atom. The summed E-state index contributed by atoms with van der Waals surface area (Å²) in [7, 11) is 0. The summed E-state index contributed by atoms with van der Waals surface area (Å²) in [6.07, 6.45) is 0. The van der Waals surface area contributed by atoms with Crippen LogP contribution in [0.5, 0.6) is 0 Å². The Morgan fingerprint density at radius 3 is 0.778 bits per heavy atom. The van der Waals surface area contributed by atoms with Gasteiger partial charge in [-0.05, 0) is 16.7 Å². The van der Waals surface area contributed by atoms with Crippen molar-refractivity contribution in [2.24, 2.45) is 0 Å². The molecule has 0 saturated heterocycles. The van der Waals surface area contributed by atoms with Gasteiger partial charge in [0, 0.05) is 0 Å². The number of hydrogen-bond acceptors (Lipinski definition) is 0. The Kier molecular flexibility index (Phi) is 10.1. The largest absolute Gasteiger partial charge is 1.00 e. The van der Waals surface area contributed by atoms with Crippen LogP contribution in [0.2, 0.25) is 0 Å². The molecule has 0 aliphatic carbocycles. The standard InChI is InChI=1S/C24H15.3Li/c1-4-10-19(11-5-1)22-16-23(20-12-6-2-7-13-20)18-24(17-22)21-14-8-3-9-15-21;;;/h4-18H;;;/q-3;3*+1. The first-order valence-corrected chi connectivity index (χ1v) is 7.95. The van der Waals surface area contributed by atoms with E-state index in [4.69, 9.17) is 0 Å². The fraction of sp³-hybridized carbons (Fsp3) is 0. The van der Waals surface area contributed by atoms with E-state index >= 15 is 0 Å². The summed E-state index contributed by atoms with van der Waals surface area (Å²) in [6.45, 7) is 0. The molecule has 0 aliphatic heterocycles. The van der Waals surface area contributed by atoms with Gasteiger partial charge in [0.1, 0.15) is 0 Å². The van der Waals surface area contributed by atoms with E-state index in [2.05, 4.69) is 72.8 Å². The average Bonchev–Trinajstić information content (AvgIpc) is 2.70. The van der Waals surface area contributed by atoms with Crippen LogP contribution in [-0.2, 0) is 0 Å². The van der Waals surface area contributed by atoms with E-state index < -0.39 is 0 Å². The van der Waals surface area contributed by atoms with Crippen molar-refractivity contribution in [1.29, 1.82) is 0 Å². The van der Waals surface area contributed by atoms with E-state index in [1.807, 2.05) is 36.4 Å². The Labute approximate surface area is 197 Å². The molecule has 3 heteroatoms. The quantitative estimate of drug-likeness (QED) is 0.280. The summed E-state index contributed by atoms with van der Waals surface area (Å²) in [4.78, 5) is 0. The van der Waals surface area contributed by atoms with Crippen molar-refractivity contribution in [3.8, 4) is 33.4 Å². The van der Waals surface area contributed by atoms with E-state index in [1.165, 1.54) is 33.4 Å². The zero-order valence-electron chi connectivity index (χ0n) is 16.2. The maximum absolute atomic E-state index is 3.09. The van der Waals surface area contributed by atoms with E-state index in [-0.39, 0.29) is 56.6 Å². The van der Waals surface area contributed by atoms with Gasteiger partial charge in [0.25, 0.3) is 0 Å². The molecule has 0 saturated carbocycles. The van der Waals surface area contributed by atoms with Crippen molar-refractivity contribution >= 4 is 0 Å². The maximum Gasteiger partial charge on any atom is 1.00 e. The van der Waals surface area contributed by atoms with Gasteiger partial charge in [0.15, 0.2) is 0 Å². The minimum atomic E-state index is 0. The third-order valence-corrected chi connectivity index (χ3v) is 4.09. The third-order valence-electron chi connectivity index (χ3n) is 4.09. The first kappa shape index (κ1) is 23.7. The predicted octanol–water partition coefficient (Wildman–Crippen LogP) is -2.90. The zero-order chi connectivity index (χ0) is 16.2. The third kappa shape index (κ3) is 5.82. The van der Waals surface area contributed by atoms with Gasteiger partial charge in [-0.25, -0.2) is 0 Å². The Balaban J connectivity index is 0.00000121. The van der Waals surface area contributed by atoms with Crippen molar-refractivity contribution in [3.05, 3.63) is 109 Å². The summed E-state index contributed by atoms with van der Waals surface area (Å²) >= 11 is 0. The smallest absolute Gasteiger partial charge is 0.184 e. The van der Waals surface area contributed by atoms with Crippen molar-refractivity contribution < 1.29 is 56.6 Å². The predicted molar refractivity (Wildman–Crippen MR) is 99.3 cm³/mol. The molecule has 0 atom stereocenters. The molecule has 0 radical (unpaired) electrons. The van der Waals surface area contributed by atoms with Crippen LogP contribution in [0.3, 0.4) is 0 Å². The fourth-order valence-electron chi connectivity index (χ4n) is 2.87. The Hall–Kier alpha value is -1.33. The Morgan fingerprint density at radius 1 is 0.333 bits per heavy atom. The summed E-state index contributed by atoms with van der Waals surface area (Å²) in [5, 5.41) is 0. The summed E-state index contributed by atoms with van der Waals surface area (Å²) in [5.41, 5.74) is 7.21. The van der Waals surface area contributed by atoms with Crippen LogP contribution >= 0.6 is 0 Å². The van der Waals surface area contributed by atoms with Crippen LogP contribution in [0, 0.1) is 18.2 Å². The molecule has 0 amide bonds. The summed E-state index contributed by atoms with van der Waals surface area (Å²) < 4.78 is 0. The van der Waals surface area contributed by atoms with Crippen molar-refractivity contribution in [1.82, 2.24) is 0 Å². The van der Waals surface area contributed by atoms with E-state index in [0.717, 1.165) is 0 Å². The van der Waals surface area contributed by atoms with Gasteiger partial charge >= 0.3 is 56.6 Å². The maximum atomic E-state index is 3.09. The number of benzene rings is 4. The van der Waals surface area contributed by atoms with E-state index in [1.54, 1.807) is 0 Å². The SMILES string of the molecule is [Li+].[Li+].[Li+].[c-]1ccc(-c2cc(-c3cc[c-]cc3)cc(-c3cc[c-]cc3)c2)cc1. The summed E-state index contributed by atoms with van der Waals surface area (Å²) in [6, 6.07) is 40.3. The number of hydrogen-bond donors (Lipinski definition) is 0. The molecule has 4 rings (SSSR count). The first-order chi connectivity index (χ1) is 11.9. The second kappa shape index (κ2) is 11.5. The number of rotatable bonds is 3. The van der Waals surface area contributed by atoms with Gasteiger partial charge < -0.3 is 0 Å². The van der Waals surface area contributed by atoms with Crippen LogP contribution in [-0.4, -0.2) is 0 Å². The van der Waals surface area contributed by atoms with Gasteiger partial charge in [0.05, 0.1) is 0 Å². The normalized spacial score (nSPS) is 9.33. The molecule has 27 heavy (non-hydrogen) atoms. The molecule has 0 heterocycles. The molecule has 0 nitrogen and oxygen atoms in total. The van der Waals surface area contributed by atoms with E-state index in [0.29, 0.717) is 0 Å². The molecule has 0 aliphatic rings. The molecule has 0 fully saturated rings. The molecular weight excluding hydrogens is 309 g/mol. The molecule has 0 spiro atoms.